The van der Waals surface area contributed by atoms with Gasteiger partial charge in [0, 0.05) is 44.4 Å². The minimum absolute atomic E-state index is 0.0139. The van der Waals surface area contributed by atoms with Gasteiger partial charge in [0.1, 0.15) is 6.23 Å². The summed E-state index contributed by atoms with van der Waals surface area (Å²) in [5, 5.41) is 0. The molecule has 370 valence electrons. The van der Waals surface area contributed by atoms with Crippen molar-refractivity contribution in [2.45, 2.75) is 239 Å². The van der Waals surface area contributed by atoms with Crippen molar-refractivity contribution >= 4 is 85.0 Å². The average molecular weight is 1070 g/mol. The SMILES string of the molecule is C=C(C)C(=O)OC[Si](C)(C)O[Si]12O[Si]3(C4CCCC4)O[Si]4(C5CCCC5)O[Si](C5CCCC5)(O1)O[Si]1(C5CCCC5)O[Si](C5CCCC5)(O2)O[Si](C2CCCC2)(O3)O[Si](C2CCCC2)(O4)O1. The molecule has 24 heteroatoms. The Kier molecular flexibility index (Phi) is 12.7. The Bertz CT molecular complexity index is 1670. The molecule has 0 aromatic heterocycles. The third-order valence-corrected chi connectivity index (χ3v) is 59.6. The molecule has 0 aromatic carbocycles. The molecule has 13 rings (SSSR count). The Labute approximate surface area is 402 Å². The first-order valence-corrected chi connectivity index (χ1v) is 44.1. The van der Waals surface area contributed by atoms with Crippen LogP contribution >= 0.6 is 0 Å². The van der Waals surface area contributed by atoms with E-state index in [0.29, 0.717) is 5.57 Å². The number of carbonyl (C=O) groups excluding carboxylic acids is 1. The lowest BCUT2D eigenvalue weighted by Crippen LogP contribution is -2.91. The molecule has 0 spiro atoms. The van der Waals surface area contributed by atoms with E-state index in [4.69, 9.17) is 58.2 Å². The lowest BCUT2D eigenvalue weighted by molar-refractivity contribution is -0.137. The van der Waals surface area contributed by atoms with Gasteiger partial charge in [0.2, 0.25) is 8.32 Å². The quantitative estimate of drug-likeness (QED) is 0.104. The van der Waals surface area contributed by atoms with Gasteiger partial charge in [-0.2, -0.15) is 0 Å². The molecule has 6 saturated heterocycles. The summed E-state index contributed by atoms with van der Waals surface area (Å²) in [6.07, 6.45) is 27.2. The van der Waals surface area contributed by atoms with Crippen molar-refractivity contribution < 1.29 is 63.0 Å². The van der Waals surface area contributed by atoms with Gasteiger partial charge >= 0.3 is 76.6 Å². The minimum atomic E-state index is -4.68. The molecule has 7 aliphatic carbocycles. The second kappa shape index (κ2) is 17.7. The third-order valence-electron chi connectivity index (χ3n) is 17.6. The van der Waals surface area contributed by atoms with E-state index in [0.717, 1.165) is 180 Å². The van der Waals surface area contributed by atoms with Crippen LogP contribution in [0, 0.1) is 0 Å². The third kappa shape index (κ3) is 8.11. The van der Waals surface area contributed by atoms with Crippen LogP contribution in [0.4, 0.5) is 0 Å². The highest BCUT2D eigenvalue weighted by Crippen LogP contribution is 2.66. The molecule has 0 amide bonds. The molecule has 0 unspecified atom stereocenters. The van der Waals surface area contributed by atoms with Crippen LogP contribution < -0.4 is 0 Å². The maximum Gasteiger partial charge on any atom is 0.646 e. The van der Waals surface area contributed by atoms with E-state index in [1.165, 1.54) is 0 Å². The average Bonchev–Trinajstić information content (AvgIpc) is 4.10. The molecular weight excluding hydrogens is 997 g/mol. The van der Waals surface area contributed by atoms with E-state index in [9.17, 15) is 4.79 Å². The highest BCUT2D eigenvalue weighted by atomic mass is 28.6. The summed E-state index contributed by atoms with van der Waals surface area (Å²) >= 11 is 0. The van der Waals surface area contributed by atoms with E-state index in [2.05, 4.69) is 19.7 Å². The van der Waals surface area contributed by atoms with Crippen molar-refractivity contribution in [2.75, 3.05) is 6.23 Å². The van der Waals surface area contributed by atoms with E-state index in [1.807, 2.05) is 0 Å². The smallest absolute Gasteiger partial charge is 0.463 e. The normalized spacial score (nSPS) is 45.5. The van der Waals surface area contributed by atoms with E-state index < -0.39 is 85.0 Å². The molecule has 8 bridgehead atoms. The Morgan fingerprint density at radius 3 is 0.803 bits per heavy atom. The number of hydrogen-bond donors (Lipinski definition) is 0. The summed E-state index contributed by atoms with van der Waals surface area (Å²) in [4.78, 5) is 13.1. The molecule has 13 aliphatic rings. The zero-order chi connectivity index (χ0) is 45.1. The van der Waals surface area contributed by atoms with Gasteiger partial charge in [-0.15, -0.1) is 0 Å². The fourth-order valence-corrected chi connectivity index (χ4v) is 72.6. The van der Waals surface area contributed by atoms with Crippen LogP contribution in [0.1, 0.15) is 187 Å². The number of hydrogen-bond acceptors (Lipinski definition) is 15. The molecule has 0 atom stereocenters. The maximum atomic E-state index is 13.1. The second-order valence-electron chi connectivity index (χ2n) is 23.0. The van der Waals surface area contributed by atoms with Crippen LogP contribution in [0.3, 0.4) is 0 Å². The monoisotopic (exact) mass is 1070 g/mol. The van der Waals surface area contributed by atoms with Crippen molar-refractivity contribution in [3.8, 4) is 0 Å². The van der Waals surface area contributed by atoms with E-state index >= 15 is 0 Å². The fourth-order valence-electron chi connectivity index (χ4n) is 14.3. The Balaban J connectivity index is 1.16. The van der Waals surface area contributed by atoms with Gasteiger partial charge in [0.15, 0.2) is 0 Å². The largest absolute Gasteiger partial charge is 0.646 e. The van der Waals surface area contributed by atoms with Crippen molar-refractivity contribution in [2.24, 2.45) is 0 Å². The van der Waals surface area contributed by atoms with Crippen LogP contribution in [-0.2, 0) is 63.0 Å². The Morgan fingerprint density at radius 1 is 0.409 bits per heavy atom. The summed E-state index contributed by atoms with van der Waals surface area (Å²) in [6.45, 7) is 9.66. The molecule has 15 nitrogen and oxygen atoms in total. The van der Waals surface area contributed by atoms with Gasteiger partial charge in [0.25, 0.3) is 0 Å². The number of rotatable bonds is 12. The predicted octanol–water partition coefficient (Wildman–Crippen LogP) is 10.8. The van der Waals surface area contributed by atoms with Gasteiger partial charge in [-0.05, 0) is 110 Å². The molecule has 13 fully saturated rings. The zero-order valence-corrected chi connectivity index (χ0v) is 48.9. The fraction of sp³-hybridized carbons (Fsp3) is 0.929. The Morgan fingerprint density at radius 2 is 0.606 bits per heavy atom. The highest BCUT2D eigenvalue weighted by Gasteiger charge is 2.89. The summed E-state index contributed by atoms with van der Waals surface area (Å²) in [7, 11) is -36.4. The summed E-state index contributed by atoms with van der Waals surface area (Å²) < 4.78 is 114. The van der Waals surface area contributed by atoms with Crippen molar-refractivity contribution in [1.82, 2.24) is 0 Å². The van der Waals surface area contributed by atoms with Crippen LogP contribution in [0.5, 0.6) is 0 Å². The maximum absolute atomic E-state index is 13.1. The number of esters is 1. The molecule has 66 heavy (non-hydrogen) atoms. The molecule has 7 saturated carbocycles. The van der Waals surface area contributed by atoms with Gasteiger partial charge in [-0.1, -0.05) is 96.5 Å². The number of ether oxygens (including phenoxy) is 1. The molecule has 6 heterocycles. The molecule has 0 radical (unpaired) electrons. The first kappa shape index (κ1) is 47.6. The molecule has 0 aromatic rings. The van der Waals surface area contributed by atoms with Gasteiger partial charge in [-0.3, -0.25) is 0 Å². The molecular formula is C42H76O15Si9. The van der Waals surface area contributed by atoms with Crippen molar-refractivity contribution in [3.63, 3.8) is 0 Å². The first-order valence-electron chi connectivity index (χ1n) is 26.7. The Hall–Kier alpha value is 0.642. The van der Waals surface area contributed by atoms with E-state index in [1.54, 1.807) is 6.92 Å². The summed E-state index contributed by atoms with van der Waals surface area (Å²) in [6, 6.07) is 0. The van der Waals surface area contributed by atoms with E-state index in [-0.39, 0.29) is 45.0 Å². The predicted molar refractivity (Wildman–Crippen MR) is 259 cm³/mol. The molecule has 6 aliphatic heterocycles. The van der Waals surface area contributed by atoms with Gasteiger partial charge in [-0.25, -0.2) is 4.79 Å². The number of carbonyl (C=O) groups is 1. The standard InChI is InChI=1S/C42H76O15Si9/c1-34(2)42(43)44-33-58(3,4)45-66-55-63(39-27-13-14-28-39)49-60(36-21-7-8-22-36)46-59(35-19-5-6-20-35)47-61(51-63,37-23-9-10-24-37)53-65(57-66,41-31-17-18-32-41)54-62(48-59,38-25-11-12-26-38)52-64(50-60,56-66)40-29-15-16-30-40/h35-41H,1,5-33H2,2-4H3. The van der Waals surface area contributed by atoms with Gasteiger partial charge in [0.05, 0.1) is 0 Å². The van der Waals surface area contributed by atoms with Crippen LogP contribution in [-0.4, -0.2) is 91.2 Å². The van der Waals surface area contributed by atoms with Crippen LogP contribution in [0.2, 0.25) is 51.9 Å². The highest BCUT2D eigenvalue weighted by molar-refractivity contribution is 7.04. The van der Waals surface area contributed by atoms with Gasteiger partial charge < -0.3 is 58.2 Å². The second-order valence-corrected chi connectivity index (χ2v) is 52.6. The van der Waals surface area contributed by atoms with Crippen molar-refractivity contribution in [1.29, 1.82) is 0 Å². The minimum Gasteiger partial charge on any atom is -0.463 e. The lowest BCUT2D eigenvalue weighted by Gasteiger charge is -2.66. The topological polar surface area (TPSA) is 146 Å². The van der Waals surface area contributed by atoms with Crippen LogP contribution in [0.15, 0.2) is 12.2 Å². The van der Waals surface area contributed by atoms with Crippen LogP contribution in [0.25, 0.3) is 0 Å². The zero-order valence-electron chi connectivity index (χ0n) is 39.9. The van der Waals surface area contributed by atoms with Crippen molar-refractivity contribution in [3.05, 3.63) is 12.2 Å². The first-order chi connectivity index (χ1) is 31.8. The summed E-state index contributed by atoms with van der Waals surface area (Å²) in [5.41, 5.74) is -0.0340. The summed E-state index contributed by atoms with van der Waals surface area (Å²) in [5.74, 6) is -0.459. The lowest BCUT2D eigenvalue weighted by atomic mass is 10.4. The molecule has 0 N–H and O–H groups in total.